The maximum Gasteiger partial charge on any atom is 0.335 e. The molecule has 5 nitrogen and oxygen atoms in total. The lowest BCUT2D eigenvalue weighted by Crippen LogP contribution is -2.35. The molecule has 2 rings (SSSR count). The molecular formula is C18H19NO4. The van der Waals surface area contributed by atoms with Gasteiger partial charge in [-0.1, -0.05) is 24.3 Å². The molecule has 0 saturated carbocycles. The van der Waals surface area contributed by atoms with Gasteiger partial charge in [-0.05, 0) is 49.2 Å². The fourth-order valence-corrected chi connectivity index (χ4v) is 2.09. The fraction of sp³-hybridized carbons (Fsp3) is 0.222. The predicted octanol–water partition coefficient (Wildman–Crippen LogP) is 2.78. The van der Waals surface area contributed by atoms with E-state index in [0.29, 0.717) is 5.75 Å². The molecule has 0 aliphatic heterocycles. The number of aryl methyl sites for hydroxylation is 1. The van der Waals surface area contributed by atoms with Crippen molar-refractivity contribution in [1.29, 1.82) is 0 Å². The molecule has 2 N–H and O–H groups in total. The molecule has 0 spiro atoms. The van der Waals surface area contributed by atoms with E-state index in [9.17, 15) is 9.59 Å². The zero-order chi connectivity index (χ0) is 16.8. The van der Waals surface area contributed by atoms with Crippen molar-refractivity contribution in [3.8, 4) is 5.75 Å². The largest absolute Gasteiger partial charge is 0.481 e. The molecule has 0 aliphatic carbocycles. The summed E-state index contributed by atoms with van der Waals surface area (Å²) in [7, 11) is 0. The molecule has 0 fully saturated rings. The Morgan fingerprint density at radius 1 is 1.17 bits per heavy atom. The summed E-state index contributed by atoms with van der Waals surface area (Å²) in [6.07, 6.45) is -0.639. The van der Waals surface area contributed by atoms with Gasteiger partial charge in [-0.2, -0.15) is 0 Å². The Kier molecular flexibility index (Phi) is 5.36. The van der Waals surface area contributed by atoms with E-state index in [1.165, 1.54) is 12.1 Å². The average Bonchev–Trinajstić information content (AvgIpc) is 2.52. The van der Waals surface area contributed by atoms with Crippen LogP contribution in [0.25, 0.3) is 0 Å². The number of carboxylic acid groups (broad SMARTS) is 1. The third-order valence-electron chi connectivity index (χ3n) is 3.31. The Bertz CT molecular complexity index is 712. The summed E-state index contributed by atoms with van der Waals surface area (Å²) < 4.78 is 5.60. The number of nitrogens with one attached hydrogen (secondary N) is 1. The SMILES string of the molecule is Cc1cccc(OC(C)C(=O)NCc2cccc(C(=O)O)c2)c1. The number of carbonyl (C=O) groups excluding carboxylic acids is 1. The zero-order valence-electron chi connectivity index (χ0n) is 13.1. The van der Waals surface area contributed by atoms with Crippen molar-refractivity contribution in [1.82, 2.24) is 5.32 Å². The van der Waals surface area contributed by atoms with Gasteiger partial charge in [-0.25, -0.2) is 4.79 Å². The van der Waals surface area contributed by atoms with Crippen molar-refractivity contribution in [2.75, 3.05) is 0 Å². The van der Waals surface area contributed by atoms with Crippen molar-refractivity contribution in [2.24, 2.45) is 0 Å². The predicted molar refractivity (Wildman–Crippen MR) is 86.5 cm³/mol. The molecule has 1 amide bonds. The summed E-state index contributed by atoms with van der Waals surface area (Å²) in [4.78, 5) is 23.0. The molecule has 0 aromatic heterocycles. The summed E-state index contributed by atoms with van der Waals surface area (Å²) >= 11 is 0. The highest BCUT2D eigenvalue weighted by atomic mass is 16.5. The van der Waals surface area contributed by atoms with Crippen molar-refractivity contribution >= 4 is 11.9 Å². The minimum Gasteiger partial charge on any atom is -0.481 e. The summed E-state index contributed by atoms with van der Waals surface area (Å²) in [5, 5.41) is 11.7. The lowest BCUT2D eigenvalue weighted by molar-refractivity contribution is -0.127. The van der Waals surface area contributed by atoms with E-state index in [2.05, 4.69) is 5.32 Å². The van der Waals surface area contributed by atoms with Crippen molar-refractivity contribution in [3.63, 3.8) is 0 Å². The first-order valence-electron chi connectivity index (χ1n) is 7.29. The van der Waals surface area contributed by atoms with Crippen LogP contribution in [0.4, 0.5) is 0 Å². The number of benzene rings is 2. The Balaban J connectivity index is 1.91. The van der Waals surface area contributed by atoms with Gasteiger partial charge in [-0.3, -0.25) is 4.79 Å². The molecule has 23 heavy (non-hydrogen) atoms. The molecule has 0 bridgehead atoms. The quantitative estimate of drug-likeness (QED) is 0.860. The summed E-state index contributed by atoms with van der Waals surface area (Å²) in [6, 6.07) is 13.9. The van der Waals surface area contributed by atoms with Gasteiger partial charge in [0.1, 0.15) is 5.75 Å². The van der Waals surface area contributed by atoms with Crippen LogP contribution in [0.3, 0.4) is 0 Å². The smallest absolute Gasteiger partial charge is 0.335 e. The molecule has 1 unspecified atom stereocenters. The van der Waals surface area contributed by atoms with E-state index in [1.54, 1.807) is 25.1 Å². The molecule has 2 aromatic rings. The second kappa shape index (κ2) is 7.45. The van der Waals surface area contributed by atoms with Gasteiger partial charge in [0.15, 0.2) is 6.10 Å². The van der Waals surface area contributed by atoms with Crippen LogP contribution in [0, 0.1) is 6.92 Å². The van der Waals surface area contributed by atoms with Crippen LogP contribution in [-0.4, -0.2) is 23.1 Å². The van der Waals surface area contributed by atoms with E-state index >= 15 is 0 Å². The third-order valence-corrected chi connectivity index (χ3v) is 3.31. The van der Waals surface area contributed by atoms with Crippen LogP contribution >= 0.6 is 0 Å². The van der Waals surface area contributed by atoms with Crippen LogP contribution in [0.2, 0.25) is 0 Å². The minimum atomic E-state index is -0.991. The van der Waals surface area contributed by atoms with Crippen molar-refractivity contribution < 1.29 is 19.4 Å². The highest BCUT2D eigenvalue weighted by molar-refractivity contribution is 5.87. The van der Waals surface area contributed by atoms with Gasteiger partial charge >= 0.3 is 5.97 Å². The molecule has 0 saturated heterocycles. The first kappa shape index (κ1) is 16.5. The van der Waals surface area contributed by atoms with Crippen LogP contribution in [0.5, 0.6) is 5.75 Å². The van der Waals surface area contributed by atoms with E-state index in [1.807, 2.05) is 25.1 Å². The van der Waals surface area contributed by atoms with Crippen molar-refractivity contribution in [2.45, 2.75) is 26.5 Å². The van der Waals surface area contributed by atoms with E-state index in [-0.39, 0.29) is 18.0 Å². The third kappa shape index (κ3) is 4.85. The molecule has 0 heterocycles. The number of amides is 1. The highest BCUT2D eigenvalue weighted by Crippen LogP contribution is 2.14. The fourth-order valence-electron chi connectivity index (χ4n) is 2.09. The minimum absolute atomic E-state index is 0.195. The number of rotatable bonds is 6. The van der Waals surface area contributed by atoms with Crippen molar-refractivity contribution in [3.05, 3.63) is 65.2 Å². The normalized spacial score (nSPS) is 11.6. The molecular weight excluding hydrogens is 294 g/mol. The first-order valence-corrected chi connectivity index (χ1v) is 7.29. The van der Waals surface area contributed by atoms with Gasteiger partial charge in [0.05, 0.1) is 5.56 Å². The van der Waals surface area contributed by atoms with Crippen LogP contribution in [0.15, 0.2) is 48.5 Å². The lowest BCUT2D eigenvalue weighted by Gasteiger charge is -2.15. The summed E-state index contributed by atoms with van der Waals surface area (Å²) in [5.74, 6) is -0.609. The molecule has 1 atom stereocenters. The summed E-state index contributed by atoms with van der Waals surface area (Å²) in [5.41, 5.74) is 1.97. The monoisotopic (exact) mass is 313 g/mol. The number of ether oxygens (including phenoxy) is 1. The van der Waals surface area contributed by atoms with Crippen LogP contribution in [-0.2, 0) is 11.3 Å². The molecule has 5 heteroatoms. The van der Waals surface area contributed by atoms with Gasteiger partial charge in [-0.15, -0.1) is 0 Å². The zero-order valence-corrected chi connectivity index (χ0v) is 13.1. The van der Waals surface area contributed by atoms with Gasteiger partial charge in [0.2, 0.25) is 0 Å². The number of hydrogen-bond donors (Lipinski definition) is 2. The van der Waals surface area contributed by atoms with E-state index < -0.39 is 12.1 Å². The molecule has 2 aromatic carbocycles. The Morgan fingerprint density at radius 2 is 1.91 bits per heavy atom. The highest BCUT2D eigenvalue weighted by Gasteiger charge is 2.14. The van der Waals surface area contributed by atoms with Gasteiger partial charge < -0.3 is 15.2 Å². The Labute approximate surface area is 134 Å². The first-order chi connectivity index (χ1) is 11.0. The second-order valence-electron chi connectivity index (χ2n) is 5.30. The maximum atomic E-state index is 12.1. The van der Waals surface area contributed by atoms with E-state index in [0.717, 1.165) is 11.1 Å². The summed E-state index contributed by atoms with van der Waals surface area (Å²) in [6.45, 7) is 3.87. The number of hydrogen-bond acceptors (Lipinski definition) is 3. The Hall–Kier alpha value is -2.82. The number of carboxylic acids is 1. The molecule has 0 aliphatic rings. The topological polar surface area (TPSA) is 75.6 Å². The molecule has 120 valence electrons. The van der Waals surface area contributed by atoms with Gasteiger partial charge in [0, 0.05) is 6.54 Å². The van der Waals surface area contributed by atoms with Gasteiger partial charge in [0.25, 0.3) is 5.91 Å². The van der Waals surface area contributed by atoms with Crippen LogP contribution in [0.1, 0.15) is 28.4 Å². The second-order valence-corrected chi connectivity index (χ2v) is 5.30. The maximum absolute atomic E-state index is 12.1. The lowest BCUT2D eigenvalue weighted by atomic mass is 10.1. The number of carbonyl (C=O) groups is 2. The number of aromatic carboxylic acids is 1. The molecule has 0 radical (unpaired) electrons. The Morgan fingerprint density at radius 3 is 2.61 bits per heavy atom. The van der Waals surface area contributed by atoms with E-state index in [4.69, 9.17) is 9.84 Å². The standard InChI is InChI=1S/C18H19NO4/c1-12-5-3-8-16(9-12)23-13(2)17(20)19-11-14-6-4-7-15(10-14)18(21)22/h3-10,13H,11H2,1-2H3,(H,19,20)(H,21,22). The average molecular weight is 313 g/mol. The van der Waals surface area contributed by atoms with Crippen LogP contribution < -0.4 is 10.1 Å².